The van der Waals surface area contributed by atoms with Crippen molar-refractivity contribution in [3.63, 3.8) is 0 Å². The molecular weight excluding hydrogens is 286 g/mol. The van der Waals surface area contributed by atoms with Crippen molar-refractivity contribution in [1.82, 2.24) is 5.32 Å². The Hall–Kier alpha value is -1.32. The predicted molar refractivity (Wildman–Crippen MR) is 98.0 cm³/mol. The molecule has 0 aliphatic carbocycles. The summed E-state index contributed by atoms with van der Waals surface area (Å²) in [4.78, 5) is 0. The van der Waals surface area contributed by atoms with Crippen molar-refractivity contribution in [2.24, 2.45) is 11.8 Å². The molecule has 0 fully saturated rings. The Morgan fingerprint density at radius 3 is 2.61 bits per heavy atom. The van der Waals surface area contributed by atoms with Crippen LogP contribution in [-0.2, 0) is 6.42 Å². The molecule has 1 atom stereocenters. The smallest absolute Gasteiger partial charge is 0.122 e. The molecule has 0 heterocycles. The fourth-order valence-corrected chi connectivity index (χ4v) is 2.18. The Kier molecular flexibility index (Phi) is 9.65. The van der Waals surface area contributed by atoms with Crippen LogP contribution in [0.1, 0.15) is 39.7 Å². The van der Waals surface area contributed by atoms with Crippen molar-refractivity contribution >= 4 is 0 Å². The van der Waals surface area contributed by atoms with E-state index in [1.54, 1.807) is 0 Å². The number of para-hydroxylation sites is 1. The average molecular weight is 319 g/mol. The Balaban J connectivity index is 2.38. The lowest BCUT2D eigenvalue weighted by Gasteiger charge is -2.15. The van der Waals surface area contributed by atoms with E-state index in [-0.39, 0.29) is 0 Å². The topological polar surface area (TPSA) is 41.5 Å². The summed E-state index contributed by atoms with van der Waals surface area (Å²) in [6.45, 7) is 10.6. The molecular formula is C20H33NO2. The molecule has 0 spiro atoms. The molecule has 1 rings (SSSR count). The summed E-state index contributed by atoms with van der Waals surface area (Å²) in [5.41, 5.74) is 1.16. The van der Waals surface area contributed by atoms with Gasteiger partial charge in [-0.2, -0.15) is 0 Å². The fourth-order valence-electron chi connectivity index (χ4n) is 2.18. The van der Waals surface area contributed by atoms with Gasteiger partial charge in [-0.1, -0.05) is 58.0 Å². The average Bonchev–Trinajstić information content (AvgIpc) is 2.50. The summed E-state index contributed by atoms with van der Waals surface area (Å²) >= 11 is 0. The number of hydrogen-bond acceptors (Lipinski definition) is 3. The summed E-state index contributed by atoms with van der Waals surface area (Å²) in [5, 5.41) is 13.3. The van der Waals surface area contributed by atoms with Crippen LogP contribution in [-0.4, -0.2) is 30.9 Å². The molecule has 0 bridgehead atoms. The lowest BCUT2D eigenvalue weighted by molar-refractivity contribution is 0.106. The summed E-state index contributed by atoms with van der Waals surface area (Å²) in [7, 11) is 0. The fraction of sp³-hybridized carbons (Fsp3) is 0.600. The van der Waals surface area contributed by atoms with Crippen LogP contribution in [0.25, 0.3) is 0 Å². The van der Waals surface area contributed by atoms with Crippen molar-refractivity contribution in [3.8, 4) is 5.75 Å². The standard InChI is InChI=1S/C20H33NO2/c1-16(2)8-7-10-18-9-5-6-11-20(18)23-15-19(22)14-21-13-12-17(3)4/h5-9,11,16-17,19,21-22H,10,12-15H2,1-4H3/b8-7+. The zero-order chi connectivity index (χ0) is 17.1. The number of rotatable bonds is 11. The first-order valence-corrected chi connectivity index (χ1v) is 8.75. The van der Waals surface area contributed by atoms with Crippen LogP contribution < -0.4 is 10.1 Å². The van der Waals surface area contributed by atoms with Crippen molar-refractivity contribution in [2.45, 2.75) is 46.6 Å². The summed E-state index contributed by atoms with van der Waals surface area (Å²) < 4.78 is 5.81. The third kappa shape index (κ3) is 9.42. The van der Waals surface area contributed by atoms with Crippen molar-refractivity contribution < 1.29 is 9.84 Å². The van der Waals surface area contributed by atoms with E-state index in [4.69, 9.17) is 4.74 Å². The van der Waals surface area contributed by atoms with E-state index in [2.05, 4.69) is 51.2 Å². The molecule has 0 radical (unpaired) electrons. The van der Waals surface area contributed by atoms with Gasteiger partial charge in [0.15, 0.2) is 0 Å². The molecule has 0 aromatic heterocycles. The lowest BCUT2D eigenvalue weighted by atomic mass is 10.1. The van der Waals surface area contributed by atoms with Crippen LogP contribution in [0.15, 0.2) is 36.4 Å². The van der Waals surface area contributed by atoms with Gasteiger partial charge in [0.2, 0.25) is 0 Å². The number of aliphatic hydroxyl groups excluding tert-OH is 1. The maximum absolute atomic E-state index is 10.0. The number of benzene rings is 1. The molecule has 3 heteroatoms. The van der Waals surface area contributed by atoms with E-state index < -0.39 is 6.10 Å². The molecule has 0 aliphatic rings. The minimum atomic E-state index is -0.485. The van der Waals surface area contributed by atoms with Crippen molar-refractivity contribution in [3.05, 3.63) is 42.0 Å². The normalized spacial score (nSPS) is 13.2. The zero-order valence-electron chi connectivity index (χ0n) is 15.1. The molecule has 1 unspecified atom stereocenters. The second-order valence-corrected chi connectivity index (χ2v) is 6.84. The minimum Gasteiger partial charge on any atom is -0.491 e. The lowest BCUT2D eigenvalue weighted by Crippen LogP contribution is -2.32. The zero-order valence-corrected chi connectivity index (χ0v) is 15.1. The van der Waals surface area contributed by atoms with Crippen LogP contribution in [0.2, 0.25) is 0 Å². The third-order valence-electron chi connectivity index (χ3n) is 3.54. The second kappa shape index (κ2) is 11.3. The SMILES string of the molecule is CC(C)/C=C/Cc1ccccc1OCC(O)CNCCC(C)C. The van der Waals surface area contributed by atoms with Gasteiger partial charge >= 0.3 is 0 Å². The van der Waals surface area contributed by atoms with Gasteiger partial charge in [-0.15, -0.1) is 0 Å². The highest BCUT2D eigenvalue weighted by molar-refractivity contribution is 5.34. The molecule has 130 valence electrons. The van der Waals surface area contributed by atoms with Crippen LogP contribution in [0.3, 0.4) is 0 Å². The van der Waals surface area contributed by atoms with Gasteiger partial charge in [0.05, 0.1) is 0 Å². The van der Waals surface area contributed by atoms with E-state index in [0.717, 1.165) is 30.7 Å². The molecule has 2 N–H and O–H groups in total. The first-order chi connectivity index (χ1) is 11.0. The third-order valence-corrected chi connectivity index (χ3v) is 3.54. The van der Waals surface area contributed by atoms with Crippen molar-refractivity contribution in [2.75, 3.05) is 19.7 Å². The number of nitrogens with one attached hydrogen (secondary N) is 1. The van der Waals surface area contributed by atoms with Crippen LogP contribution in [0.4, 0.5) is 0 Å². The van der Waals surface area contributed by atoms with Crippen LogP contribution >= 0.6 is 0 Å². The molecule has 1 aromatic rings. The Morgan fingerprint density at radius 2 is 1.91 bits per heavy atom. The quantitative estimate of drug-likeness (QED) is 0.481. The predicted octanol–water partition coefficient (Wildman–Crippen LogP) is 3.82. The van der Waals surface area contributed by atoms with Gasteiger partial charge in [0.1, 0.15) is 18.5 Å². The molecule has 0 aliphatic heterocycles. The monoisotopic (exact) mass is 319 g/mol. The molecule has 0 amide bonds. The number of hydrogen-bond donors (Lipinski definition) is 2. The van der Waals surface area contributed by atoms with E-state index >= 15 is 0 Å². The Morgan fingerprint density at radius 1 is 1.17 bits per heavy atom. The van der Waals surface area contributed by atoms with Gasteiger partial charge < -0.3 is 15.2 Å². The van der Waals surface area contributed by atoms with Gasteiger partial charge in [-0.25, -0.2) is 0 Å². The van der Waals surface area contributed by atoms with Gasteiger partial charge in [0.25, 0.3) is 0 Å². The van der Waals surface area contributed by atoms with Crippen LogP contribution in [0, 0.1) is 11.8 Å². The van der Waals surface area contributed by atoms with E-state index in [1.165, 1.54) is 0 Å². The molecule has 23 heavy (non-hydrogen) atoms. The van der Waals surface area contributed by atoms with Gasteiger partial charge in [-0.05, 0) is 42.9 Å². The summed E-state index contributed by atoms with van der Waals surface area (Å²) in [6, 6.07) is 8.04. The molecule has 0 saturated heterocycles. The first-order valence-electron chi connectivity index (χ1n) is 8.75. The number of ether oxygens (including phenoxy) is 1. The highest BCUT2D eigenvalue weighted by atomic mass is 16.5. The first kappa shape index (κ1) is 19.7. The molecule has 0 saturated carbocycles. The highest BCUT2D eigenvalue weighted by Gasteiger charge is 2.07. The summed E-state index contributed by atoms with van der Waals surface area (Å²) in [6.07, 6.45) is 5.87. The number of allylic oxidation sites excluding steroid dienone is 2. The molecule has 1 aromatic carbocycles. The maximum atomic E-state index is 10.0. The Labute approximate surface area is 141 Å². The van der Waals surface area contributed by atoms with E-state index in [1.807, 2.05) is 18.2 Å². The maximum Gasteiger partial charge on any atom is 0.122 e. The van der Waals surface area contributed by atoms with E-state index in [0.29, 0.717) is 25.0 Å². The van der Waals surface area contributed by atoms with Crippen LogP contribution in [0.5, 0.6) is 5.75 Å². The highest BCUT2D eigenvalue weighted by Crippen LogP contribution is 2.19. The largest absolute Gasteiger partial charge is 0.491 e. The van der Waals surface area contributed by atoms with E-state index in [9.17, 15) is 5.11 Å². The molecule has 3 nitrogen and oxygen atoms in total. The van der Waals surface area contributed by atoms with Crippen molar-refractivity contribution in [1.29, 1.82) is 0 Å². The Bertz CT molecular complexity index is 455. The van der Waals surface area contributed by atoms with Gasteiger partial charge in [-0.3, -0.25) is 0 Å². The van der Waals surface area contributed by atoms with Gasteiger partial charge in [0, 0.05) is 6.54 Å². The number of aliphatic hydroxyl groups is 1. The second-order valence-electron chi connectivity index (χ2n) is 6.84. The minimum absolute atomic E-state index is 0.319. The summed E-state index contributed by atoms with van der Waals surface area (Å²) in [5.74, 6) is 2.10.